The van der Waals surface area contributed by atoms with Crippen LogP contribution in [0.5, 0.6) is 11.5 Å². The molecule has 30 heavy (non-hydrogen) atoms. The summed E-state index contributed by atoms with van der Waals surface area (Å²) in [5.41, 5.74) is 7.31. The van der Waals surface area contributed by atoms with Gasteiger partial charge in [-0.15, -0.1) is 0 Å². The topological polar surface area (TPSA) is 84.1 Å². The number of hydrogen-bond acceptors (Lipinski definition) is 6. The second-order valence-electron chi connectivity index (χ2n) is 7.69. The molecule has 1 aromatic heterocycles. The van der Waals surface area contributed by atoms with Crippen LogP contribution in [-0.4, -0.2) is 17.9 Å². The lowest BCUT2D eigenvalue weighted by Crippen LogP contribution is -2.10. The fourth-order valence-corrected chi connectivity index (χ4v) is 3.94. The first-order chi connectivity index (χ1) is 14.5. The highest BCUT2D eigenvalue weighted by molar-refractivity contribution is 6.07. The van der Waals surface area contributed by atoms with E-state index in [2.05, 4.69) is 17.5 Å². The largest absolute Gasteiger partial charge is 0.507 e. The third kappa shape index (κ3) is 3.65. The molecule has 1 aliphatic heterocycles. The lowest BCUT2D eigenvalue weighted by molar-refractivity contribution is 0.414. The number of aromatic hydroxyl groups is 1. The molecule has 156 valence electrons. The normalized spacial score (nSPS) is 15.8. The van der Waals surface area contributed by atoms with E-state index in [1.54, 1.807) is 20.1 Å². The Hall–Kier alpha value is -3.28. The van der Waals surface area contributed by atoms with Crippen LogP contribution in [0.2, 0.25) is 0 Å². The third-order valence-electron chi connectivity index (χ3n) is 5.71. The number of methoxy groups -OCH3 is 1. The molecule has 4 rings (SSSR count). The van der Waals surface area contributed by atoms with Gasteiger partial charge in [-0.2, -0.15) is 5.10 Å². The molecule has 0 spiro atoms. The Morgan fingerprint density at radius 1 is 1.27 bits per heavy atom. The summed E-state index contributed by atoms with van der Waals surface area (Å²) in [6, 6.07) is 11.4. The van der Waals surface area contributed by atoms with Crippen molar-refractivity contribution in [2.45, 2.75) is 45.6 Å². The van der Waals surface area contributed by atoms with Crippen LogP contribution >= 0.6 is 0 Å². The van der Waals surface area contributed by atoms with Crippen LogP contribution in [0.15, 0.2) is 50.7 Å². The van der Waals surface area contributed by atoms with Crippen LogP contribution in [0.25, 0.3) is 11.0 Å². The highest BCUT2D eigenvalue weighted by Crippen LogP contribution is 2.35. The van der Waals surface area contributed by atoms with E-state index in [0.717, 1.165) is 47.2 Å². The number of aryl methyl sites for hydroxylation is 2. The van der Waals surface area contributed by atoms with Gasteiger partial charge in [0.1, 0.15) is 17.1 Å². The van der Waals surface area contributed by atoms with Crippen molar-refractivity contribution in [2.24, 2.45) is 5.10 Å². The van der Waals surface area contributed by atoms with Crippen LogP contribution in [0.1, 0.15) is 54.5 Å². The van der Waals surface area contributed by atoms with Crippen molar-refractivity contribution in [3.05, 3.63) is 69.1 Å². The van der Waals surface area contributed by atoms with Crippen molar-refractivity contribution in [1.29, 1.82) is 0 Å². The predicted molar refractivity (Wildman–Crippen MR) is 118 cm³/mol. The average molecular weight is 406 g/mol. The van der Waals surface area contributed by atoms with Gasteiger partial charge in [-0.25, -0.2) is 4.79 Å². The Morgan fingerprint density at radius 2 is 2.03 bits per heavy atom. The molecule has 0 fully saturated rings. The van der Waals surface area contributed by atoms with Crippen molar-refractivity contribution < 1.29 is 14.3 Å². The summed E-state index contributed by atoms with van der Waals surface area (Å²) in [5.74, 6) is 0.913. The molecule has 3 aromatic rings. The molecule has 1 unspecified atom stereocenters. The Labute approximate surface area is 175 Å². The highest BCUT2D eigenvalue weighted by atomic mass is 16.5. The summed E-state index contributed by atoms with van der Waals surface area (Å²) in [5, 5.41) is 16.2. The number of nitrogens with one attached hydrogen (secondary N) is 1. The fraction of sp³-hybridized carbons (Fsp3) is 0.333. The van der Waals surface area contributed by atoms with Gasteiger partial charge in [0.25, 0.3) is 0 Å². The van der Waals surface area contributed by atoms with E-state index < -0.39 is 0 Å². The maximum absolute atomic E-state index is 12.0. The minimum Gasteiger partial charge on any atom is -0.507 e. The molecule has 2 aromatic carbocycles. The molecule has 2 heterocycles. The Morgan fingerprint density at radius 3 is 2.73 bits per heavy atom. The number of ether oxygens (including phenoxy) is 1. The third-order valence-corrected chi connectivity index (χ3v) is 5.71. The standard InChI is InChI=1S/C24H26N2O4/c1-4-5-6-16-11-22(27)30-24-14(2)23(28)19(12-18(16)24)21-13-20(25-26-21)15-7-9-17(29-3)10-8-15/h7-12,20,25,28H,4-6,13H2,1-3H3. The number of fused-ring (bicyclic) bond motifs is 1. The molecule has 1 atom stereocenters. The fourth-order valence-electron chi connectivity index (χ4n) is 3.94. The van der Waals surface area contributed by atoms with Crippen LogP contribution in [0.4, 0.5) is 0 Å². The van der Waals surface area contributed by atoms with Crippen molar-refractivity contribution in [3.63, 3.8) is 0 Å². The molecule has 0 aliphatic carbocycles. The Bertz CT molecular complexity index is 1160. The highest BCUT2D eigenvalue weighted by Gasteiger charge is 2.25. The monoisotopic (exact) mass is 406 g/mol. The molecule has 0 bridgehead atoms. The van der Waals surface area contributed by atoms with Gasteiger partial charge in [0, 0.05) is 29.0 Å². The molecule has 6 heteroatoms. The van der Waals surface area contributed by atoms with Gasteiger partial charge in [0.15, 0.2) is 0 Å². The smallest absolute Gasteiger partial charge is 0.336 e. The number of benzene rings is 2. The average Bonchev–Trinajstić information content (AvgIpc) is 3.25. The first-order valence-corrected chi connectivity index (χ1v) is 10.3. The number of phenols is 1. The first kappa shape index (κ1) is 20.0. The SMILES string of the molecule is CCCCc1cc(=O)oc2c(C)c(O)c(C3=NNC(c4ccc(OC)cc4)C3)cc12. The molecular weight excluding hydrogens is 380 g/mol. The maximum atomic E-state index is 12.0. The van der Waals surface area contributed by atoms with E-state index in [4.69, 9.17) is 9.15 Å². The molecule has 0 saturated heterocycles. The summed E-state index contributed by atoms with van der Waals surface area (Å²) in [6.07, 6.45) is 3.45. The second kappa shape index (κ2) is 8.22. The molecule has 0 amide bonds. The van der Waals surface area contributed by atoms with Crippen LogP contribution in [-0.2, 0) is 6.42 Å². The maximum Gasteiger partial charge on any atom is 0.336 e. The molecule has 0 radical (unpaired) electrons. The van der Waals surface area contributed by atoms with Gasteiger partial charge in [0.2, 0.25) is 0 Å². The van der Waals surface area contributed by atoms with E-state index in [1.807, 2.05) is 30.3 Å². The summed E-state index contributed by atoms with van der Waals surface area (Å²) < 4.78 is 10.7. The van der Waals surface area contributed by atoms with E-state index in [0.29, 0.717) is 23.1 Å². The van der Waals surface area contributed by atoms with Crippen LogP contribution < -0.4 is 15.8 Å². The number of hydrazone groups is 1. The lowest BCUT2D eigenvalue weighted by Gasteiger charge is -2.13. The van der Waals surface area contributed by atoms with E-state index >= 15 is 0 Å². The Kier molecular flexibility index (Phi) is 5.48. The first-order valence-electron chi connectivity index (χ1n) is 10.3. The van der Waals surface area contributed by atoms with Gasteiger partial charge in [-0.1, -0.05) is 25.5 Å². The van der Waals surface area contributed by atoms with Crippen molar-refractivity contribution in [1.82, 2.24) is 5.43 Å². The van der Waals surface area contributed by atoms with Crippen molar-refractivity contribution >= 4 is 16.7 Å². The van der Waals surface area contributed by atoms with Crippen molar-refractivity contribution in [2.75, 3.05) is 7.11 Å². The van der Waals surface area contributed by atoms with Gasteiger partial charge >= 0.3 is 5.63 Å². The van der Waals surface area contributed by atoms with Crippen LogP contribution in [0.3, 0.4) is 0 Å². The number of nitrogens with zero attached hydrogens (tertiary/aromatic N) is 1. The lowest BCUT2D eigenvalue weighted by atomic mass is 9.94. The van der Waals surface area contributed by atoms with Crippen molar-refractivity contribution in [3.8, 4) is 11.5 Å². The molecule has 0 saturated carbocycles. The zero-order valence-corrected chi connectivity index (χ0v) is 17.5. The van der Waals surface area contributed by atoms with Crippen LogP contribution in [0, 0.1) is 6.92 Å². The molecule has 6 nitrogen and oxygen atoms in total. The van der Waals surface area contributed by atoms with Gasteiger partial charge in [-0.05, 0) is 49.1 Å². The van der Waals surface area contributed by atoms with E-state index in [-0.39, 0.29) is 17.4 Å². The number of phenolic OH excluding ortho intramolecular Hbond substituents is 1. The van der Waals surface area contributed by atoms with E-state index in [1.165, 1.54) is 0 Å². The summed E-state index contributed by atoms with van der Waals surface area (Å²) in [4.78, 5) is 12.0. The minimum absolute atomic E-state index is 0.0228. The zero-order chi connectivity index (χ0) is 21.3. The summed E-state index contributed by atoms with van der Waals surface area (Å²) >= 11 is 0. The number of hydrogen-bond donors (Lipinski definition) is 2. The summed E-state index contributed by atoms with van der Waals surface area (Å²) in [6.45, 7) is 3.89. The molecule has 2 N–H and O–H groups in total. The quantitative estimate of drug-likeness (QED) is 0.585. The van der Waals surface area contributed by atoms with Gasteiger partial charge in [-0.3, -0.25) is 0 Å². The number of unbranched alkanes of at least 4 members (excludes halogenated alkanes) is 1. The summed E-state index contributed by atoms with van der Waals surface area (Å²) in [7, 11) is 1.64. The molecular formula is C24H26N2O4. The number of rotatable bonds is 6. The predicted octanol–water partition coefficient (Wildman–Crippen LogP) is 4.60. The van der Waals surface area contributed by atoms with E-state index in [9.17, 15) is 9.90 Å². The van der Waals surface area contributed by atoms with Gasteiger partial charge < -0.3 is 19.7 Å². The second-order valence-corrected chi connectivity index (χ2v) is 7.69. The van der Waals surface area contributed by atoms with Gasteiger partial charge in [0.05, 0.1) is 18.9 Å². The Balaban J connectivity index is 1.71. The molecule has 1 aliphatic rings. The zero-order valence-electron chi connectivity index (χ0n) is 17.5. The minimum atomic E-state index is -0.386.